The van der Waals surface area contributed by atoms with Crippen LogP contribution in [0.15, 0.2) is 18.3 Å². The standard InChI is InChI=1S/C21H19ClN6O4/c1-9-7-24-14(10(2)16(9)32-3)8-28-18-15(17(22)26-21(23)27-18)12(19(28)29)6-11-4-5-13(25-11)20(30)31/h4-7,25H,8H2,1-3H3,(H,30,31)(H2,23,26,27)/b12-6-. The third-order valence-corrected chi connectivity index (χ3v) is 5.43. The smallest absolute Gasteiger partial charge is 0.352 e. The van der Waals surface area contributed by atoms with Gasteiger partial charge in [0, 0.05) is 23.0 Å². The molecule has 11 heteroatoms. The summed E-state index contributed by atoms with van der Waals surface area (Å²) < 4.78 is 5.46. The summed E-state index contributed by atoms with van der Waals surface area (Å²) in [5.41, 5.74) is 9.01. The van der Waals surface area contributed by atoms with Crippen LogP contribution in [0.1, 0.15) is 38.6 Å². The molecular formula is C21H19ClN6O4. The maximum atomic E-state index is 13.4. The number of nitrogens with two attached hydrogens (primary N) is 1. The molecule has 3 aromatic heterocycles. The predicted octanol–water partition coefficient (Wildman–Crippen LogP) is 2.85. The van der Waals surface area contributed by atoms with E-state index in [-0.39, 0.29) is 34.7 Å². The maximum Gasteiger partial charge on any atom is 0.352 e. The number of aromatic amines is 1. The Morgan fingerprint density at radius 2 is 2.09 bits per heavy atom. The van der Waals surface area contributed by atoms with Crippen molar-refractivity contribution in [3.05, 3.63) is 57.3 Å². The number of aromatic carboxylic acids is 1. The number of hydrogen-bond donors (Lipinski definition) is 3. The topological polar surface area (TPSA) is 147 Å². The lowest BCUT2D eigenvalue weighted by atomic mass is 10.1. The number of aromatic nitrogens is 4. The SMILES string of the molecule is COc1c(C)cnc(CN2C(=O)/C(=C\c3ccc(C(=O)O)[nH]3)c3c(Cl)nc(N)nc32)c1C. The molecule has 0 spiro atoms. The molecule has 164 valence electrons. The fourth-order valence-corrected chi connectivity index (χ4v) is 3.92. The Balaban J connectivity index is 1.81. The van der Waals surface area contributed by atoms with Crippen LogP contribution in [-0.4, -0.2) is 44.0 Å². The molecule has 0 fully saturated rings. The van der Waals surface area contributed by atoms with Gasteiger partial charge in [-0.3, -0.25) is 14.7 Å². The van der Waals surface area contributed by atoms with Crippen LogP contribution in [0.2, 0.25) is 5.15 Å². The summed E-state index contributed by atoms with van der Waals surface area (Å²) in [4.78, 5) is 41.4. The van der Waals surface area contributed by atoms with Crippen molar-refractivity contribution >= 4 is 46.9 Å². The summed E-state index contributed by atoms with van der Waals surface area (Å²) in [7, 11) is 1.58. The largest absolute Gasteiger partial charge is 0.496 e. The van der Waals surface area contributed by atoms with Crippen molar-refractivity contribution in [2.45, 2.75) is 20.4 Å². The molecule has 32 heavy (non-hydrogen) atoms. The number of fused-ring (bicyclic) bond motifs is 1. The van der Waals surface area contributed by atoms with Crippen molar-refractivity contribution in [3.63, 3.8) is 0 Å². The zero-order valence-electron chi connectivity index (χ0n) is 17.4. The number of nitrogens with one attached hydrogen (secondary N) is 1. The second-order valence-corrected chi connectivity index (χ2v) is 7.56. The highest BCUT2D eigenvalue weighted by atomic mass is 35.5. The number of rotatable bonds is 5. The molecule has 4 rings (SSSR count). The van der Waals surface area contributed by atoms with Crippen molar-refractivity contribution in [3.8, 4) is 5.75 Å². The number of H-pyrrole nitrogens is 1. The van der Waals surface area contributed by atoms with Crippen molar-refractivity contribution in [2.24, 2.45) is 0 Å². The Hall–Kier alpha value is -3.92. The van der Waals surface area contributed by atoms with Crippen LogP contribution in [0, 0.1) is 13.8 Å². The van der Waals surface area contributed by atoms with E-state index >= 15 is 0 Å². The van der Waals surface area contributed by atoms with E-state index in [0.717, 1.165) is 11.1 Å². The number of carbonyl (C=O) groups is 2. The van der Waals surface area contributed by atoms with Crippen molar-refractivity contribution in [2.75, 3.05) is 17.7 Å². The molecule has 4 N–H and O–H groups in total. The van der Waals surface area contributed by atoms with E-state index in [2.05, 4.69) is 19.9 Å². The second kappa shape index (κ2) is 7.97. The number of nitrogens with zero attached hydrogens (tertiary/aromatic N) is 4. The number of carboxylic acids is 1. The molecule has 0 radical (unpaired) electrons. The Morgan fingerprint density at radius 1 is 1.34 bits per heavy atom. The van der Waals surface area contributed by atoms with Gasteiger partial charge in [0.25, 0.3) is 5.91 Å². The van der Waals surface area contributed by atoms with E-state index in [4.69, 9.17) is 27.2 Å². The van der Waals surface area contributed by atoms with Gasteiger partial charge in [-0.05, 0) is 32.1 Å². The molecule has 0 saturated heterocycles. The Labute approximate surface area is 187 Å². The van der Waals surface area contributed by atoms with Gasteiger partial charge in [0.05, 0.1) is 30.5 Å². The minimum absolute atomic E-state index is 0.00870. The fourth-order valence-electron chi connectivity index (χ4n) is 3.65. The third-order valence-electron chi connectivity index (χ3n) is 5.16. The lowest BCUT2D eigenvalue weighted by Gasteiger charge is -2.19. The highest BCUT2D eigenvalue weighted by Gasteiger charge is 2.37. The molecule has 0 saturated carbocycles. The average Bonchev–Trinajstić information content (AvgIpc) is 3.29. The summed E-state index contributed by atoms with van der Waals surface area (Å²) in [6, 6.07) is 2.95. The number of halogens is 1. The molecule has 0 aliphatic carbocycles. The van der Waals surface area contributed by atoms with Gasteiger partial charge in [0.15, 0.2) is 5.82 Å². The quantitative estimate of drug-likeness (QED) is 0.393. The molecule has 3 aromatic rings. The number of aryl methyl sites for hydroxylation is 1. The van der Waals surface area contributed by atoms with E-state index in [1.807, 2.05) is 13.8 Å². The Morgan fingerprint density at radius 3 is 2.75 bits per heavy atom. The van der Waals surface area contributed by atoms with Gasteiger partial charge in [-0.2, -0.15) is 4.98 Å². The summed E-state index contributed by atoms with van der Waals surface area (Å²) in [5, 5.41) is 9.16. The van der Waals surface area contributed by atoms with Gasteiger partial charge in [-0.15, -0.1) is 0 Å². The molecule has 1 aliphatic rings. The zero-order valence-corrected chi connectivity index (χ0v) is 18.2. The molecule has 0 unspecified atom stereocenters. The number of carboxylic acid groups (broad SMARTS) is 1. The first kappa shape index (κ1) is 21.3. The van der Waals surface area contributed by atoms with Crippen molar-refractivity contribution in [1.82, 2.24) is 19.9 Å². The molecule has 0 aromatic carbocycles. The average molecular weight is 455 g/mol. The van der Waals surface area contributed by atoms with Crippen LogP contribution in [0.3, 0.4) is 0 Å². The number of hydrogen-bond acceptors (Lipinski definition) is 7. The molecule has 0 bridgehead atoms. The maximum absolute atomic E-state index is 13.4. The number of pyridine rings is 1. The molecule has 0 atom stereocenters. The highest BCUT2D eigenvalue weighted by Crippen LogP contribution is 2.41. The van der Waals surface area contributed by atoms with E-state index in [9.17, 15) is 9.59 Å². The number of amides is 1. The van der Waals surface area contributed by atoms with Gasteiger partial charge < -0.3 is 20.6 Å². The van der Waals surface area contributed by atoms with E-state index in [1.165, 1.54) is 17.0 Å². The minimum atomic E-state index is -1.11. The molecule has 1 amide bonds. The summed E-state index contributed by atoms with van der Waals surface area (Å²) in [6.07, 6.45) is 3.18. The summed E-state index contributed by atoms with van der Waals surface area (Å²) in [6.45, 7) is 3.85. The summed E-state index contributed by atoms with van der Waals surface area (Å²) >= 11 is 6.33. The highest BCUT2D eigenvalue weighted by molar-refractivity contribution is 6.41. The molecular weight excluding hydrogens is 436 g/mol. The van der Waals surface area contributed by atoms with Gasteiger partial charge in [-0.1, -0.05) is 11.6 Å². The van der Waals surface area contributed by atoms with Crippen LogP contribution < -0.4 is 15.4 Å². The normalized spacial score (nSPS) is 14.2. The predicted molar refractivity (Wildman–Crippen MR) is 119 cm³/mol. The lowest BCUT2D eigenvalue weighted by Crippen LogP contribution is -2.27. The van der Waals surface area contributed by atoms with Gasteiger partial charge in [0.2, 0.25) is 5.95 Å². The van der Waals surface area contributed by atoms with Gasteiger partial charge in [-0.25, -0.2) is 9.78 Å². The minimum Gasteiger partial charge on any atom is -0.496 e. The Bertz CT molecular complexity index is 1300. The van der Waals surface area contributed by atoms with Crippen molar-refractivity contribution in [1.29, 1.82) is 0 Å². The van der Waals surface area contributed by atoms with Crippen LogP contribution in [0.4, 0.5) is 11.8 Å². The van der Waals surface area contributed by atoms with Crippen LogP contribution in [0.5, 0.6) is 5.75 Å². The summed E-state index contributed by atoms with van der Waals surface area (Å²) in [5.74, 6) is -0.644. The first-order valence-electron chi connectivity index (χ1n) is 9.49. The Kier molecular flexibility index (Phi) is 5.31. The number of ether oxygens (including phenoxy) is 1. The number of anilines is 2. The fraction of sp³-hybridized carbons (Fsp3) is 0.190. The van der Waals surface area contributed by atoms with Crippen LogP contribution >= 0.6 is 11.6 Å². The zero-order chi connectivity index (χ0) is 23.2. The monoisotopic (exact) mass is 454 g/mol. The number of methoxy groups -OCH3 is 1. The van der Waals surface area contributed by atoms with Crippen molar-refractivity contribution < 1.29 is 19.4 Å². The number of nitrogen functional groups attached to an aromatic ring is 1. The number of carbonyl (C=O) groups excluding carboxylic acids is 1. The second-order valence-electron chi connectivity index (χ2n) is 7.20. The molecule has 10 nitrogen and oxygen atoms in total. The van der Waals surface area contributed by atoms with Gasteiger partial charge >= 0.3 is 5.97 Å². The molecule has 4 heterocycles. The van der Waals surface area contributed by atoms with E-state index in [1.54, 1.807) is 19.4 Å². The van der Waals surface area contributed by atoms with E-state index < -0.39 is 11.9 Å². The first-order chi connectivity index (χ1) is 15.2. The van der Waals surface area contributed by atoms with Crippen LogP contribution in [-0.2, 0) is 11.3 Å². The van der Waals surface area contributed by atoms with Gasteiger partial charge in [0.1, 0.15) is 16.6 Å². The van der Waals surface area contributed by atoms with Crippen LogP contribution in [0.25, 0.3) is 11.6 Å². The third kappa shape index (κ3) is 3.54. The lowest BCUT2D eigenvalue weighted by molar-refractivity contribution is -0.113. The molecule has 1 aliphatic heterocycles. The van der Waals surface area contributed by atoms with E-state index in [0.29, 0.717) is 22.7 Å². The first-order valence-corrected chi connectivity index (χ1v) is 9.87.